The maximum Gasteiger partial charge on any atom is 0.124 e. The highest BCUT2D eigenvalue weighted by molar-refractivity contribution is 6.31. The zero-order valence-electron chi connectivity index (χ0n) is 13.2. The molecule has 3 aliphatic heterocycles. The predicted molar refractivity (Wildman–Crippen MR) is 92.7 cm³/mol. The summed E-state index contributed by atoms with van der Waals surface area (Å²) in [6.45, 7) is 3.52. The molecule has 3 aliphatic rings. The highest BCUT2D eigenvalue weighted by Gasteiger charge is 2.51. The monoisotopic (exact) mass is 328 g/mol. The van der Waals surface area contributed by atoms with Gasteiger partial charge in [0.2, 0.25) is 0 Å². The first-order valence-corrected chi connectivity index (χ1v) is 8.94. The number of nitrogens with one attached hydrogen (secondary N) is 1. The highest BCUT2D eigenvalue weighted by atomic mass is 35.5. The summed E-state index contributed by atoms with van der Waals surface area (Å²) in [6.07, 6.45) is 2.42. The van der Waals surface area contributed by atoms with Crippen molar-refractivity contribution in [2.45, 2.75) is 18.4 Å². The van der Waals surface area contributed by atoms with Crippen molar-refractivity contribution in [2.24, 2.45) is 11.8 Å². The van der Waals surface area contributed by atoms with Gasteiger partial charge in [0.25, 0.3) is 0 Å². The largest absolute Gasteiger partial charge is 0.380 e. The smallest absolute Gasteiger partial charge is 0.124 e. The average Bonchev–Trinajstić information content (AvgIpc) is 2.63. The van der Waals surface area contributed by atoms with Crippen LogP contribution in [-0.4, -0.2) is 24.7 Å². The first-order chi connectivity index (χ1) is 11.2. The minimum absolute atomic E-state index is 0.224. The van der Waals surface area contributed by atoms with Crippen LogP contribution in [0, 0.1) is 11.8 Å². The highest BCUT2D eigenvalue weighted by Crippen LogP contribution is 2.45. The maximum absolute atomic E-state index is 12.0. The summed E-state index contributed by atoms with van der Waals surface area (Å²) in [4.78, 5) is 1.62. The molecule has 120 valence electrons. The van der Waals surface area contributed by atoms with Crippen molar-refractivity contribution in [3.05, 3.63) is 70.7 Å². The van der Waals surface area contributed by atoms with Gasteiger partial charge in [0.1, 0.15) is 5.60 Å². The second-order valence-corrected chi connectivity index (χ2v) is 7.42. The van der Waals surface area contributed by atoms with E-state index in [4.69, 9.17) is 11.6 Å². The van der Waals surface area contributed by atoms with E-state index in [-0.39, 0.29) is 5.92 Å². The van der Waals surface area contributed by atoms with E-state index in [0.29, 0.717) is 10.9 Å². The van der Waals surface area contributed by atoms with E-state index in [9.17, 15) is 5.11 Å². The van der Waals surface area contributed by atoms with Crippen LogP contribution < -0.4 is 4.90 Å². The normalized spacial score (nSPS) is 29.2. The Hall–Kier alpha value is -1.35. The third-order valence-corrected chi connectivity index (χ3v) is 6.18. The fourth-order valence-corrected chi connectivity index (χ4v) is 4.93. The molecule has 0 radical (unpaired) electrons. The first-order valence-electron chi connectivity index (χ1n) is 8.56. The zero-order chi connectivity index (χ0) is 15.9. The molecule has 0 unspecified atom stereocenters. The molecule has 3 heterocycles. The Morgan fingerprint density at radius 3 is 2.22 bits per heavy atom. The van der Waals surface area contributed by atoms with Crippen LogP contribution in [0.2, 0.25) is 5.02 Å². The summed E-state index contributed by atoms with van der Waals surface area (Å²) in [6, 6.07) is 17.9. The van der Waals surface area contributed by atoms with Gasteiger partial charge < -0.3 is 10.0 Å². The summed E-state index contributed by atoms with van der Waals surface area (Å²) in [5.41, 5.74) is 0.813. The number of benzene rings is 2. The third kappa shape index (κ3) is 2.50. The third-order valence-electron chi connectivity index (χ3n) is 5.85. The van der Waals surface area contributed by atoms with Crippen molar-refractivity contribution in [2.75, 3.05) is 19.6 Å². The van der Waals surface area contributed by atoms with Crippen LogP contribution in [0.1, 0.15) is 24.0 Å². The number of hydrogen-bond donors (Lipinski definition) is 2. The second-order valence-electron chi connectivity index (χ2n) is 7.01. The molecule has 3 heteroatoms. The number of halogens is 1. The van der Waals surface area contributed by atoms with E-state index < -0.39 is 5.60 Å². The van der Waals surface area contributed by atoms with Gasteiger partial charge in [0, 0.05) is 29.3 Å². The Kier molecular flexibility index (Phi) is 3.92. The van der Waals surface area contributed by atoms with Crippen LogP contribution in [0.15, 0.2) is 54.6 Å². The Morgan fingerprint density at radius 2 is 1.61 bits per heavy atom. The molecular weight excluding hydrogens is 306 g/mol. The Balaban J connectivity index is 1.86. The van der Waals surface area contributed by atoms with Gasteiger partial charge in [-0.25, -0.2) is 0 Å². The van der Waals surface area contributed by atoms with E-state index in [1.807, 2.05) is 54.6 Å². The average molecular weight is 329 g/mol. The van der Waals surface area contributed by atoms with Gasteiger partial charge in [-0.1, -0.05) is 60.1 Å². The lowest BCUT2D eigenvalue weighted by atomic mass is 9.65. The van der Waals surface area contributed by atoms with E-state index in [1.54, 1.807) is 4.90 Å². The Bertz CT molecular complexity index is 681. The molecule has 3 fully saturated rings. The maximum atomic E-state index is 12.0. The number of aliphatic hydroxyl groups is 1. The molecule has 0 aromatic heterocycles. The number of quaternary nitrogens is 1. The topological polar surface area (TPSA) is 24.7 Å². The van der Waals surface area contributed by atoms with Crippen molar-refractivity contribution in [1.29, 1.82) is 0 Å². The molecule has 0 saturated carbocycles. The molecule has 23 heavy (non-hydrogen) atoms. The van der Waals surface area contributed by atoms with Gasteiger partial charge in [-0.3, -0.25) is 0 Å². The van der Waals surface area contributed by atoms with E-state index in [2.05, 4.69) is 0 Å². The lowest BCUT2D eigenvalue weighted by Crippen LogP contribution is -3.16. The summed E-state index contributed by atoms with van der Waals surface area (Å²) in [7, 11) is 0. The van der Waals surface area contributed by atoms with Crippen molar-refractivity contribution in [1.82, 2.24) is 0 Å². The molecule has 0 spiro atoms. The predicted octanol–water partition coefficient (Wildman–Crippen LogP) is 2.50. The van der Waals surface area contributed by atoms with Gasteiger partial charge in [-0.05, 0) is 17.5 Å². The van der Waals surface area contributed by atoms with Gasteiger partial charge in [0.15, 0.2) is 0 Å². The van der Waals surface area contributed by atoms with Crippen LogP contribution in [-0.2, 0) is 5.60 Å². The lowest BCUT2D eigenvalue weighted by molar-refractivity contribution is -0.922. The number of fused-ring (bicyclic) bond motifs is 3. The first kappa shape index (κ1) is 15.2. The summed E-state index contributed by atoms with van der Waals surface area (Å²) >= 11 is 6.51. The van der Waals surface area contributed by atoms with Crippen LogP contribution in [0.25, 0.3) is 0 Å². The lowest BCUT2D eigenvalue weighted by Gasteiger charge is -2.49. The Morgan fingerprint density at radius 1 is 0.957 bits per heavy atom. The van der Waals surface area contributed by atoms with Crippen molar-refractivity contribution in [3.63, 3.8) is 0 Å². The minimum Gasteiger partial charge on any atom is -0.380 e. The number of rotatable bonds is 3. The molecule has 2 aromatic rings. The molecule has 2 atom stereocenters. The molecular formula is C20H23ClNO+. The molecule has 0 amide bonds. The van der Waals surface area contributed by atoms with Crippen LogP contribution in [0.4, 0.5) is 0 Å². The van der Waals surface area contributed by atoms with Crippen LogP contribution in [0.5, 0.6) is 0 Å². The van der Waals surface area contributed by atoms with Gasteiger partial charge in [0.05, 0.1) is 19.6 Å². The summed E-state index contributed by atoms with van der Waals surface area (Å²) in [5.74, 6) is 0.802. The molecule has 5 rings (SSSR count). The van der Waals surface area contributed by atoms with Gasteiger partial charge in [-0.15, -0.1) is 0 Å². The fourth-order valence-electron chi connectivity index (χ4n) is 4.65. The summed E-state index contributed by atoms with van der Waals surface area (Å²) < 4.78 is 0. The van der Waals surface area contributed by atoms with E-state index in [0.717, 1.165) is 17.7 Å². The zero-order valence-corrected chi connectivity index (χ0v) is 14.0. The molecule has 0 aliphatic carbocycles. The standard InChI is InChI=1S/C20H22ClNO/c21-19-9-5-4-8-17(19)20(23,16-6-2-1-3-7-16)18-14-22-12-10-15(18)11-13-22/h1-9,15,18,23H,10-14H2/p+1/t18-,20+/m0/s1. The molecule has 3 saturated heterocycles. The fraction of sp³-hybridized carbons (Fsp3) is 0.400. The van der Waals surface area contributed by atoms with Gasteiger partial charge >= 0.3 is 0 Å². The molecule has 2 N–H and O–H groups in total. The Labute approximate surface area is 142 Å². The van der Waals surface area contributed by atoms with Crippen LogP contribution in [0.3, 0.4) is 0 Å². The van der Waals surface area contributed by atoms with Crippen molar-refractivity contribution >= 4 is 11.6 Å². The minimum atomic E-state index is -1.00. The van der Waals surface area contributed by atoms with E-state index in [1.165, 1.54) is 25.9 Å². The number of piperidine rings is 3. The molecule has 2 nitrogen and oxygen atoms in total. The SMILES string of the molecule is O[C@](c1ccccc1)(c1ccccc1Cl)[C@H]1C[NH+]2CCC1CC2. The quantitative estimate of drug-likeness (QED) is 0.889. The van der Waals surface area contributed by atoms with Crippen LogP contribution >= 0.6 is 11.6 Å². The number of hydrogen-bond acceptors (Lipinski definition) is 1. The van der Waals surface area contributed by atoms with Gasteiger partial charge in [-0.2, -0.15) is 0 Å². The second kappa shape index (κ2) is 5.94. The van der Waals surface area contributed by atoms with Crippen molar-refractivity contribution in [3.8, 4) is 0 Å². The summed E-state index contributed by atoms with van der Waals surface area (Å²) in [5, 5.41) is 12.6. The van der Waals surface area contributed by atoms with Crippen molar-refractivity contribution < 1.29 is 10.0 Å². The van der Waals surface area contributed by atoms with E-state index >= 15 is 0 Å². The molecule has 2 aromatic carbocycles. The molecule has 2 bridgehead atoms.